The van der Waals surface area contributed by atoms with Crippen LogP contribution < -0.4 is 5.73 Å². The number of thioether (sulfide) groups is 1. The van der Waals surface area contributed by atoms with Crippen molar-refractivity contribution in [1.29, 1.82) is 0 Å². The van der Waals surface area contributed by atoms with Crippen LogP contribution in [0, 0.1) is 0 Å². The third-order valence-corrected chi connectivity index (χ3v) is 3.37. The molecule has 4 heteroatoms. The normalized spacial score (nSPS) is 12.4. The number of nitrogens with two attached hydrogens (primary N) is 1. The minimum absolute atomic E-state index is 0.173. The van der Waals surface area contributed by atoms with Gasteiger partial charge in [-0.05, 0) is 24.6 Å². The Balaban J connectivity index is 2.72. The van der Waals surface area contributed by atoms with Gasteiger partial charge in [0.05, 0.1) is 5.25 Å². The monoisotopic (exact) mass is 229 g/mol. The molecule has 0 bridgehead atoms. The van der Waals surface area contributed by atoms with Gasteiger partial charge in [0.1, 0.15) is 0 Å². The quantitative estimate of drug-likeness (QED) is 0.807. The molecule has 1 aromatic rings. The maximum atomic E-state index is 11.0. The van der Waals surface area contributed by atoms with E-state index in [4.69, 9.17) is 17.3 Å². The summed E-state index contributed by atoms with van der Waals surface area (Å²) in [4.78, 5) is 12.0. The number of hydrogen-bond acceptors (Lipinski definition) is 2. The van der Waals surface area contributed by atoms with Crippen LogP contribution >= 0.6 is 23.4 Å². The fraction of sp³-hybridized carbons (Fsp3) is 0.300. The van der Waals surface area contributed by atoms with Crippen molar-refractivity contribution in [2.75, 3.05) is 0 Å². The molecule has 1 unspecified atom stereocenters. The second-order valence-corrected chi connectivity index (χ2v) is 4.59. The SMILES string of the molecule is CCC(Sc1cccc(Cl)c1)C(N)=O. The van der Waals surface area contributed by atoms with Gasteiger partial charge < -0.3 is 5.73 Å². The molecule has 2 nitrogen and oxygen atoms in total. The molecule has 0 spiro atoms. The highest BCUT2D eigenvalue weighted by Gasteiger charge is 2.13. The fourth-order valence-corrected chi connectivity index (χ4v) is 2.27. The number of benzene rings is 1. The van der Waals surface area contributed by atoms with Gasteiger partial charge in [0, 0.05) is 9.92 Å². The topological polar surface area (TPSA) is 43.1 Å². The highest BCUT2D eigenvalue weighted by molar-refractivity contribution is 8.00. The first-order chi connectivity index (χ1) is 6.63. The lowest BCUT2D eigenvalue weighted by Crippen LogP contribution is -2.24. The van der Waals surface area contributed by atoms with Crippen molar-refractivity contribution in [3.05, 3.63) is 29.3 Å². The van der Waals surface area contributed by atoms with Gasteiger partial charge in [-0.15, -0.1) is 11.8 Å². The molecule has 1 rings (SSSR count). The van der Waals surface area contributed by atoms with Crippen LogP contribution in [0.25, 0.3) is 0 Å². The Hall–Kier alpha value is -0.670. The Morgan fingerprint density at radius 2 is 2.36 bits per heavy atom. The van der Waals surface area contributed by atoms with E-state index < -0.39 is 0 Å². The molecule has 76 valence electrons. The highest BCUT2D eigenvalue weighted by atomic mass is 35.5. The van der Waals surface area contributed by atoms with Crippen LogP contribution in [0.1, 0.15) is 13.3 Å². The average Bonchev–Trinajstić information content (AvgIpc) is 2.14. The first kappa shape index (κ1) is 11.4. The maximum absolute atomic E-state index is 11.0. The van der Waals surface area contributed by atoms with E-state index in [0.717, 1.165) is 11.3 Å². The molecule has 0 aliphatic heterocycles. The van der Waals surface area contributed by atoms with Crippen molar-refractivity contribution in [2.45, 2.75) is 23.5 Å². The largest absolute Gasteiger partial charge is 0.369 e. The lowest BCUT2D eigenvalue weighted by atomic mass is 10.3. The third kappa shape index (κ3) is 3.24. The number of hydrogen-bond donors (Lipinski definition) is 1. The number of carbonyl (C=O) groups is 1. The van der Waals surface area contributed by atoms with Crippen molar-refractivity contribution in [2.24, 2.45) is 5.73 Å². The van der Waals surface area contributed by atoms with Gasteiger partial charge in [0.15, 0.2) is 0 Å². The van der Waals surface area contributed by atoms with E-state index in [1.165, 1.54) is 11.8 Å². The first-order valence-corrected chi connectivity index (χ1v) is 5.60. The zero-order valence-corrected chi connectivity index (χ0v) is 9.44. The summed E-state index contributed by atoms with van der Waals surface area (Å²) in [5.74, 6) is -0.280. The predicted octanol–water partition coefficient (Wildman–Crippen LogP) is 2.70. The van der Waals surface area contributed by atoms with Crippen molar-refractivity contribution >= 4 is 29.3 Å². The van der Waals surface area contributed by atoms with E-state index in [2.05, 4.69) is 0 Å². The molecule has 14 heavy (non-hydrogen) atoms. The zero-order valence-electron chi connectivity index (χ0n) is 7.87. The second-order valence-electron chi connectivity index (χ2n) is 2.87. The number of primary amides is 1. The van der Waals surface area contributed by atoms with Crippen molar-refractivity contribution in [1.82, 2.24) is 0 Å². The highest BCUT2D eigenvalue weighted by Crippen LogP contribution is 2.27. The molecule has 0 heterocycles. The van der Waals surface area contributed by atoms with Crippen LogP contribution in [0.4, 0.5) is 0 Å². The van der Waals surface area contributed by atoms with Gasteiger partial charge in [-0.2, -0.15) is 0 Å². The fourth-order valence-electron chi connectivity index (χ4n) is 1.05. The minimum Gasteiger partial charge on any atom is -0.369 e. The van der Waals surface area contributed by atoms with Crippen molar-refractivity contribution in [3.63, 3.8) is 0 Å². The summed E-state index contributed by atoms with van der Waals surface area (Å²) in [6.45, 7) is 1.94. The van der Waals surface area contributed by atoms with Gasteiger partial charge in [-0.25, -0.2) is 0 Å². The van der Waals surface area contributed by atoms with E-state index in [1.54, 1.807) is 6.07 Å². The molecular weight excluding hydrogens is 218 g/mol. The second kappa shape index (κ2) is 5.27. The molecule has 0 aromatic heterocycles. The van der Waals surface area contributed by atoms with E-state index in [1.807, 2.05) is 25.1 Å². The lowest BCUT2D eigenvalue weighted by molar-refractivity contribution is -0.117. The van der Waals surface area contributed by atoms with Crippen LogP contribution in [-0.2, 0) is 4.79 Å². The molecule has 1 aromatic carbocycles. The average molecular weight is 230 g/mol. The number of carbonyl (C=O) groups excluding carboxylic acids is 1. The predicted molar refractivity (Wildman–Crippen MR) is 60.6 cm³/mol. The van der Waals surface area contributed by atoms with Crippen molar-refractivity contribution < 1.29 is 4.79 Å². The molecule has 1 atom stereocenters. The Morgan fingerprint density at radius 1 is 1.64 bits per heavy atom. The number of halogens is 1. The summed E-state index contributed by atoms with van der Waals surface area (Å²) < 4.78 is 0. The van der Waals surface area contributed by atoms with Gasteiger partial charge in [-0.1, -0.05) is 24.6 Å². The summed E-state index contributed by atoms with van der Waals surface area (Å²) in [7, 11) is 0. The van der Waals surface area contributed by atoms with E-state index in [-0.39, 0.29) is 11.2 Å². The van der Waals surface area contributed by atoms with Gasteiger partial charge in [0.2, 0.25) is 5.91 Å². The smallest absolute Gasteiger partial charge is 0.230 e. The van der Waals surface area contributed by atoms with Crippen LogP contribution in [0.15, 0.2) is 29.2 Å². The molecule has 2 N–H and O–H groups in total. The van der Waals surface area contributed by atoms with Crippen molar-refractivity contribution in [3.8, 4) is 0 Å². The lowest BCUT2D eigenvalue weighted by Gasteiger charge is -2.09. The summed E-state index contributed by atoms with van der Waals surface area (Å²) in [5.41, 5.74) is 5.24. The Kier molecular flexibility index (Phi) is 4.29. The van der Waals surface area contributed by atoms with Crippen LogP contribution in [0.2, 0.25) is 5.02 Å². The van der Waals surface area contributed by atoms with Gasteiger partial charge >= 0.3 is 0 Å². The molecular formula is C10H12ClNOS. The Morgan fingerprint density at radius 3 is 2.86 bits per heavy atom. The summed E-state index contributed by atoms with van der Waals surface area (Å²) in [6.07, 6.45) is 0.729. The molecule has 0 saturated heterocycles. The van der Waals surface area contributed by atoms with E-state index in [9.17, 15) is 4.79 Å². The summed E-state index contributed by atoms with van der Waals surface area (Å²) in [5, 5.41) is 0.503. The Bertz CT molecular complexity index is 330. The van der Waals surface area contributed by atoms with E-state index >= 15 is 0 Å². The Labute approximate surface area is 92.8 Å². The standard InChI is InChI=1S/C10H12ClNOS/c1-2-9(10(12)13)14-8-5-3-4-7(11)6-8/h3-6,9H,2H2,1H3,(H2,12,13). The summed E-state index contributed by atoms with van der Waals surface area (Å²) in [6, 6.07) is 7.41. The first-order valence-electron chi connectivity index (χ1n) is 4.35. The molecule has 0 fully saturated rings. The molecule has 0 aliphatic rings. The summed E-state index contributed by atoms with van der Waals surface area (Å²) >= 11 is 7.27. The minimum atomic E-state index is -0.280. The maximum Gasteiger partial charge on any atom is 0.230 e. The number of rotatable bonds is 4. The molecule has 0 aliphatic carbocycles. The van der Waals surface area contributed by atoms with Crippen LogP contribution in [0.5, 0.6) is 0 Å². The molecule has 1 amide bonds. The van der Waals surface area contributed by atoms with Gasteiger partial charge in [-0.3, -0.25) is 4.79 Å². The van der Waals surface area contributed by atoms with Crippen LogP contribution in [0.3, 0.4) is 0 Å². The number of amides is 1. The molecule has 0 radical (unpaired) electrons. The van der Waals surface area contributed by atoms with Crippen LogP contribution in [-0.4, -0.2) is 11.2 Å². The zero-order chi connectivity index (χ0) is 10.6. The third-order valence-electron chi connectivity index (χ3n) is 1.76. The van der Waals surface area contributed by atoms with Gasteiger partial charge in [0.25, 0.3) is 0 Å². The molecule has 0 saturated carbocycles. The van der Waals surface area contributed by atoms with E-state index in [0.29, 0.717) is 5.02 Å².